The van der Waals surface area contributed by atoms with Crippen LogP contribution < -0.4 is 15.5 Å². The molecule has 0 spiro atoms. The number of hydrogen-bond donors (Lipinski definition) is 2. The number of rotatable bonds is 1. The van der Waals surface area contributed by atoms with Gasteiger partial charge in [-0.15, -0.1) is 0 Å². The van der Waals surface area contributed by atoms with E-state index < -0.39 is 0 Å². The molecule has 2 fully saturated rings. The third kappa shape index (κ3) is 1.85. The lowest BCUT2D eigenvalue weighted by Gasteiger charge is -2.39. The number of amides is 2. The van der Waals surface area contributed by atoms with Crippen molar-refractivity contribution < 1.29 is 4.79 Å². The second-order valence-electron chi connectivity index (χ2n) is 5.82. The number of urea groups is 1. The molecule has 2 saturated heterocycles. The van der Waals surface area contributed by atoms with Crippen molar-refractivity contribution in [3.05, 3.63) is 29.3 Å². The maximum absolute atomic E-state index is 11.7. The molecular weight excluding hydrogens is 252 g/mol. The molecule has 3 aliphatic heterocycles. The van der Waals surface area contributed by atoms with Gasteiger partial charge >= 0.3 is 6.03 Å². The Morgan fingerprint density at radius 2 is 2.20 bits per heavy atom. The number of fused-ring (bicyclic) bond motifs is 2. The Morgan fingerprint density at radius 1 is 1.25 bits per heavy atom. The van der Waals surface area contributed by atoms with Crippen molar-refractivity contribution in [2.45, 2.75) is 19.0 Å². The predicted molar refractivity (Wildman–Crippen MR) is 78.0 cm³/mol. The fourth-order valence-corrected chi connectivity index (χ4v) is 3.61. The van der Waals surface area contributed by atoms with Crippen molar-refractivity contribution in [1.29, 1.82) is 0 Å². The largest absolute Gasteiger partial charge is 0.367 e. The van der Waals surface area contributed by atoms with Crippen LogP contribution in [0.1, 0.15) is 11.1 Å². The summed E-state index contributed by atoms with van der Waals surface area (Å²) in [5.74, 6) is 0. The lowest BCUT2D eigenvalue weighted by atomic mass is 9.98. The molecule has 0 saturated carbocycles. The Bertz CT molecular complexity index is 545. The number of carbonyl (C=O) groups is 1. The molecule has 0 aliphatic carbocycles. The molecule has 5 heteroatoms. The second kappa shape index (κ2) is 4.66. The molecule has 1 atom stereocenters. The van der Waals surface area contributed by atoms with Gasteiger partial charge in [0.2, 0.25) is 0 Å². The maximum Gasteiger partial charge on any atom is 0.317 e. The number of nitrogens with zero attached hydrogens (tertiary/aromatic N) is 2. The lowest BCUT2D eigenvalue weighted by Crippen LogP contribution is -2.52. The molecule has 0 radical (unpaired) electrons. The number of anilines is 1. The third-order valence-corrected chi connectivity index (χ3v) is 4.69. The van der Waals surface area contributed by atoms with Crippen LogP contribution in [0.5, 0.6) is 0 Å². The quantitative estimate of drug-likeness (QED) is 0.785. The van der Waals surface area contributed by atoms with E-state index in [-0.39, 0.29) is 6.03 Å². The molecular formula is C15H20N4O. The summed E-state index contributed by atoms with van der Waals surface area (Å²) < 4.78 is 0. The van der Waals surface area contributed by atoms with Gasteiger partial charge in [0.05, 0.1) is 6.04 Å². The summed E-state index contributed by atoms with van der Waals surface area (Å²) in [6.07, 6.45) is 1.12. The topological polar surface area (TPSA) is 47.6 Å². The predicted octanol–water partition coefficient (Wildman–Crippen LogP) is 0.546. The molecule has 0 bridgehead atoms. The van der Waals surface area contributed by atoms with Gasteiger partial charge < -0.3 is 20.4 Å². The van der Waals surface area contributed by atoms with E-state index in [1.807, 2.05) is 4.90 Å². The number of piperazine rings is 1. The minimum atomic E-state index is 0.103. The zero-order valence-corrected chi connectivity index (χ0v) is 11.6. The summed E-state index contributed by atoms with van der Waals surface area (Å²) in [5, 5.41) is 6.41. The Kier molecular flexibility index (Phi) is 2.80. The summed E-state index contributed by atoms with van der Waals surface area (Å²) >= 11 is 0. The zero-order valence-electron chi connectivity index (χ0n) is 11.6. The summed E-state index contributed by atoms with van der Waals surface area (Å²) in [4.78, 5) is 16.1. The number of benzene rings is 1. The molecule has 1 unspecified atom stereocenters. The van der Waals surface area contributed by atoms with Crippen LogP contribution in [0.3, 0.4) is 0 Å². The zero-order chi connectivity index (χ0) is 13.5. The summed E-state index contributed by atoms with van der Waals surface area (Å²) in [5.41, 5.74) is 4.28. The summed E-state index contributed by atoms with van der Waals surface area (Å²) in [7, 11) is 0. The van der Waals surface area contributed by atoms with E-state index in [0.717, 1.165) is 45.7 Å². The number of hydrogen-bond acceptors (Lipinski definition) is 3. The van der Waals surface area contributed by atoms with Crippen LogP contribution in [0, 0.1) is 0 Å². The Morgan fingerprint density at radius 3 is 3.15 bits per heavy atom. The van der Waals surface area contributed by atoms with Crippen molar-refractivity contribution >= 4 is 11.7 Å². The highest BCUT2D eigenvalue weighted by Crippen LogP contribution is 2.28. The fourth-order valence-electron chi connectivity index (χ4n) is 3.61. The van der Waals surface area contributed by atoms with Crippen LogP contribution in [0.4, 0.5) is 10.5 Å². The van der Waals surface area contributed by atoms with E-state index in [2.05, 4.69) is 33.7 Å². The first-order valence-corrected chi connectivity index (χ1v) is 7.44. The molecule has 4 rings (SSSR count). The maximum atomic E-state index is 11.7. The van der Waals surface area contributed by atoms with Gasteiger partial charge in [0.1, 0.15) is 0 Å². The average Bonchev–Trinajstić information content (AvgIpc) is 2.87. The highest BCUT2D eigenvalue weighted by molar-refractivity contribution is 5.77. The first-order valence-electron chi connectivity index (χ1n) is 7.44. The van der Waals surface area contributed by atoms with E-state index in [0.29, 0.717) is 6.04 Å². The normalized spacial score (nSPS) is 25.2. The van der Waals surface area contributed by atoms with Gasteiger partial charge in [-0.05, 0) is 30.2 Å². The second-order valence-corrected chi connectivity index (χ2v) is 5.82. The van der Waals surface area contributed by atoms with Crippen molar-refractivity contribution in [2.24, 2.45) is 0 Å². The van der Waals surface area contributed by atoms with Crippen molar-refractivity contribution in [3.8, 4) is 0 Å². The fraction of sp³-hybridized carbons (Fsp3) is 0.533. The van der Waals surface area contributed by atoms with E-state index in [4.69, 9.17) is 0 Å². The Balaban J connectivity index is 1.61. The van der Waals surface area contributed by atoms with Gasteiger partial charge in [0, 0.05) is 38.4 Å². The number of nitrogens with one attached hydrogen (secondary N) is 2. The van der Waals surface area contributed by atoms with Gasteiger partial charge in [-0.3, -0.25) is 0 Å². The van der Waals surface area contributed by atoms with Crippen LogP contribution in [0.25, 0.3) is 0 Å². The summed E-state index contributed by atoms with van der Waals surface area (Å²) in [6.45, 7) is 5.52. The van der Waals surface area contributed by atoms with E-state index in [1.165, 1.54) is 16.8 Å². The molecule has 3 heterocycles. The van der Waals surface area contributed by atoms with Crippen LogP contribution in [0.2, 0.25) is 0 Å². The molecule has 106 valence electrons. The lowest BCUT2D eigenvalue weighted by molar-refractivity contribution is 0.197. The first kappa shape index (κ1) is 12.0. The number of carbonyl (C=O) groups excluding carboxylic acids is 1. The van der Waals surface area contributed by atoms with Crippen LogP contribution >= 0.6 is 0 Å². The molecule has 1 aromatic carbocycles. The standard InChI is InChI=1S/C15H20N4O/c20-15-17-8-12-10-18(6-7-19(12)15)14-3-1-2-11-4-5-16-9-13(11)14/h1-3,12,16H,4-10H2,(H,17,20). The van der Waals surface area contributed by atoms with E-state index >= 15 is 0 Å². The van der Waals surface area contributed by atoms with Crippen molar-refractivity contribution in [3.63, 3.8) is 0 Å². The van der Waals surface area contributed by atoms with Crippen LogP contribution in [0.15, 0.2) is 18.2 Å². The average molecular weight is 272 g/mol. The van der Waals surface area contributed by atoms with Crippen molar-refractivity contribution in [1.82, 2.24) is 15.5 Å². The molecule has 3 aliphatic rings. The van der Waals surface area contributed by atoms with Gasteiger partial charge in [-0.2, -0.15) is 0 Å². The van der Waals surface area contributed by atoms with Gasteiger partial charge in [0.15, 0.2) is 0 Å². The highest BCUT2D eigenvalue weighted by atomic mass is 16.2. The van der Waals surface area contributed by atoms with E-state index in [9.17, 15) is 4.79 Å². The van der Waals surface area contributed by atoms with Crippen LogP contribution in [-0.2, 0) is 13.0 Å². The van der Waals surface area contributed by atoms with Crippen LogP contribution in [-0.4, -0.2) is 49.7 Å². The Labute approximate surface area is 118 Å². The molecule has 1 aromatic rings. The van der Waals surface area contributed by atoms with Crippen molar-refractivity contribution in [2.75, 3.05) is 37.6 Å². The van der Waals surface area contributed by atoms with Gasteiger partial charge in [-0.25, -0.2) is 4.79 Å². The van der Waals surface area contributed by atoms with Gasteiger partial charge in [0.25, 0.3) is 0 Å². The van der Waals surface area contributed by atoms with E-state index in [1.54, 1.807) is 0 Å². The SMILES string of the molecule is O=C1NCC2CN(c3cccc4c3CNCC4)CCN12. The molecule has 20 heavy (non-hydrogen) atoms. The molecule has 2 amide bonds. The molecule has 5 nitrogen and oxygen atoms in total. The molecule has 2 N–H and O–H groups in total. The summed E-state index contributed by atoms with van der Waals surface area (Å²) in [6, 6.07) is 7.07. The Hall–Kier alpha value is -1.75. The third-order valence-electron chi connectivity index (χ3n) is 4.69. The minimum Gasteiger partial charge on any atom is -0.367 e. The van der Waals surface area contributed by atoms with Gasteiger partial charge in [-0.1, -0.05) is 12.1 Å². The smallest absolute Gasteiger partial charge is 0.317 e. The monoisotopic (exact) mass is 272 g/mol. The molecule has 0 aromatic heterocycles. The highest BCUT2D eigenvalue weighted by Gasteiger charge is 2.36. The first-order chi connectivity index (χ1) is 9.83. The minimum absolute atomic E-state index is 0.103.